The zero-order chi connectivity index (χ0) is 14.6. The van der Waals surface area contributed by atoms with E-state index in [0.29, 0.717) is 28.4 Å². The van der Waals surface area contributed by atoms with Crippen molar-refractivity contribution in [2.45, 2.75) is 37.2 Å². The van der Waals surface area contributed by atoms with E-state index in [1.807, 2.05) is 6.92 Å². The minimum Gasteiger partial charge on any atom is -0.380 e. The summed E-state index contributed by atoms with van der Waals surface area (Å²) in [7, 11) is -3.49. The van der Waals surface area contributed by atoms with Crippen LogP contribution in [-0.4, -0.2) is 34.2 Å². The van der Waals surface area contributed by atoms with Gasteiger partial charge in [-0.3, -0.25) is 0 Å². The third kappa shape index (κ3) is 4.25. The van der Waals surface area contributed by atoms with E-state index in [-0.39, 0.29) is 6.04 Å². The molecule has 5 nitrogen and oxygen atoms in total. The Morgan fingerprint density at radius 3 is 3.00 bits per heavy atom. The van der Waals surface area contributed by atoms with E-state index >= 15 is 0 Å². The van der Waals surface area contributed by atoms with Crippen molar-refractivity contribution in [1.29, 1.82) is 0 Å². The number of nitrogens with one attached hydrogen (secondary N) is 2. The Morgan fingerprint density at radius 2 is 2.35 bits per heavy atom. The highest BCUT2D eigenvalue weighted by Crippen LogP contribution is 2.32. The molecule has 0 aliphatic carbocycles. The van der Waals surface area contributed by atoms with Gasteiger partial charge >= 0.3 is 0 Å². The van der Waals surface area contributed by atoms with E-state index in [1.165, 1.54) is 11.3 Å². The fraction of sp³-hybridized carbons (Fsp3) is 0.667. The van der Waals surface area contributed by atoms with E-state index in [9.17, 15) is 8.42 Å². The number of hydrogen-bond donors (Lipinski definition) is 2. The summed E-state index contributed by atoms with van der Waals surface area (Å²) in [5.41, 5.74) is 0. The second kappa shape index (κ2) is 7.33. The summed E-state index contributed by atoms with van der Waals surface area (Å²) >= 11 is 4.80. The average Bonchev–Trinajstić information content (AvgIpc) is 2.79. The highest BCUT2D eigenvalue weighted by atomic mass is 79.9. The molecule has 1 atom stereocenters. The first kappa shape index (κ1) is 16.4. The summed E-state index contributed by atoms with van der Waals surface area (Å²) < 4.78 is 33.5. The van der Waals surface area contributed by atoms with Gasteiger partial charge in [0.15, 0.2) is 0 Å². The van der Waals surface area contributed by atoms with Gasteiger partial charge in [0, 0.05) is 24.1 Å². The highest BCUT2D eigenvalue weighted by Gasteiger charge is 2.25. The van der Waals surface area contributed by atoms with Crippen LogP contribution in [-0.2, 0) is 21.3 Å². The third-order valence-corrected chi connectivity index (χ3v) is 6.80. The zero-order valence-electron chi connectivity index (χ0n) is 11.3. The molecule has 2 N–H and O–H groups in total. The quantitative estimate of drug-likeness (QED) is 0.790. The first-order valence-corrected chi connectivity index (χ1v) is 9.71. The van der Waals surface area contributed by atoms with Crippen molar-refractivity contribution in [3.63, 3.8) is 0 Å². The van der Waals surface area contributed by atoms with Gasteiger partial charge in [0.1, 0.15) is 4.90 Å². The van der Waals surface area contributed by atoms with Crippen LogP contribution in [0.3, 0.4) is 0 Å². The fourth-order valence-electron chi connectivity index (χ4n) is 2.03. The lowest BCUT2D eigenvalue weighted by Crippen LogP contribution is -2.40. The molecular weight excluding hydrogens is 364 g/mol. The summed E-state index contributed by atoms with van der Waals surface area (Å²) in [4.78, 5) is 1.32. The lowest BCUT2D eigenvalue weighted by atomic mass is 10.1. The van der Waals surface area contributed by atoms with Gasteiger partial charge in [-0.25, -0.2) is 13.1 Å². The SMILES string of the molecule is CCNCc1cc(S(=O)(=O)NC2CCCOC2)c(Br)s1. The van der Waals surface area contributed by atoms with Crippen LogP contribution in [0.25, 0.3) is 0 Å². The molecule has 0 bridgehead atoms. The molecule has 1 aliphatic heterocycles. The van der Waals surface area contributed by atoms with Crippen LogP contribution in [0, 0.1) is 0 Å². The molecule has 114 valence electrons. The Hall–Kier alpha value is 0.01000. The molecule has 0 amide bonds. The van der Waals surface area contributed by atoms with Crippen LogP contribution in [0.1, 0.15) is 24.6 Å². The molecule has 0 saturated carbocycles. The minimum atomic E-state index is -3.49. The van der Waals surface area contributed by atoms with Crippen molar-refractivity contribution in [3.05, 3.63) is 14.7 Å². The summed E-state index contributed by atoms with van der Waals surface area (Å²) in [5, 5.41) is 3.19. The topological polar surface area (TPSA) is 67.4 Å². The van der Waals surface area contributed by atoms with E-state index < -0.39 is 10.0 Å². The van der Waals surface area contributed by atoms with Gasteiger partial charge in [-0.1, -0.05) is 6.92 Å². The largest absolute Gasteiger partial charge is 0.380 e. The molecule has 1 aromatic heterocycles. The molecule has 2 heterocycles. The number of hydrogen-bond acceptors (Lipinski definition) is 5. The molecule has 0 spiro atoms. The maximum absolute atomic E-state index is 12.4. The van der Waals surface area contributed by atoms with Gasteiger partial charge in [-0.2, -0.15) is 0 Å². The summed E-state index contributed by atoms with van der Waals surface area (Å²) in [6.45, 7) is 4.72. The third-order valence-electron chi connectivity index (χ3n) is 3.03. The number of ether oxygens (including phenoxy) is 1. The van der Waals surface area contributed by atoms with Crippen LogP contribution in [0.2, 0.25) is 0 Å². The highest BCUT2D eigenvalue weighted by molar-refractivity contribution is 9.11. The van der Waals surface area contributed by atoms with Crippen molar-refractivity contribution >= 4 is 37.3 Å². The van der Waals surface area contributed by atoms with Crippen LogP contribution in [0.4, 0.5) is 0 Å². The van der Waals surface area contributed by atoms with Gasteiger partial charge in [-0.15, -0.1) is 11.3 Å². The minimum absolute atomic E-state index is 0.127. The Bertz CT molecular complexity index is 539. The molecule has 8 heteroatoms. The molecule has 0 radical (unpaired) electrons. The Balaban J connectivity index is 2.09. The predicted molar refractivity (Wildman–Crippen MR) is 83.6 cm³/mol. The Labute approximate surface area is 132 Å². The van der Waals surface area contributed by atoms with E-state index in [4.69, 9.17) is 4.74 Å². The summed E-state index contributed by atoms with van der Waals surface area (Å²) in [5.74, 6) is 0. The lowest BCUT2D eigenvalue weighted by Gasteiger charge is -2.22. The van der Waals surface area contributed by atoms with E-state index in [0.717, 1.165) is 24.3 Å². The molecule has 1 aliphatic rings. The molecule has 2 rings (SSSR count). The van der Waals surface area contributed by atoms with Crippen molar-refractivity contribution in [2.75, 3.05) is 19.8 Å². The van der Waals surface area contributed by atoms with Gasteiger partial charge in [-0.05, 0) is 41.4 Å². The zero-order valence-corrected chi connectivity index (χ0v) is 14.5. The molecule has 1 unspecified atom stereocenters. The van der Waals surface area contributed by atoms with E-state index in [2.05, 4.69) is 26.0 Å². The Morgan fingerprint density at radius 1 is 1.55 bits per heavy atom. The molecule has 1 aromatic rings. The normalized spacial score (nSPS) is 20.2. The lowest BCUT2D eigenvalue weighted by molar-refractivity contribution is 0.0774. The first-order valence-electron chi connectivity index (χ1n) is 6.62. The molecular formula is C12H19BrN2O3S2. The van der Waals surface area contributed by atoms with Crippen molar-refractivity contribution < 1.29 is 13.2 Å². The summed E-state index contributed by atoms with van der Waals surface area (Å²) in [6, 6.07) is 1.60. The predicted octanol–water partition coefficient (Wildman–Crippen LogP) is 2.08. The maximum Gasteiger partial charge on any atom is 0.242 e. The number of halogens is 1. The van der Waals surface area contributed by atoms with Gasteiger partial charge in [0.2, 0.25) is 10.0 Å². The number of thiophene rings is 1. The number of rotatable bonds is 6. The summed E-state index contributed by atoms with van der Waals surface area (Å²) in [6.07, 6.45) is 1.72. The smallest absolute Gasteiger partial charge is 0.242 e. The second-order valence-electron chi connectivity index (χ2n) is 4.67. The van der Waals surface area contributed by atoms with Crippen molar-refractivity contribution in [3.8, 4) is 0 Å². The van der Waals surface area contributed by atoms with E-state index in [1.54, 1.807) is 6.07 Å². The van der Waals surface area contributed by atoms with Crippen LogP contribution >= 0.6 is 27.3 Å². The maximum atomic E-state index is 12.4. The Kier molecular flexibility index (Phi) is 6.00. The van der Waals surface area contributed by atoms with Crippen molar-refractivity contribution in [2.24, 2.45) is 0 Å². The van der Waals surface area contributed by atoms with Crippen LogP contribution in [0.15, 0.2) is 14.7 Å². The van der Waals surface area contributed by atoms with Gasteiger partial charge in [0.05, 0.1) is 10.4 Å². The molecule has 1 fully saturated rings. The second-order valence-corrected chi connectivity index (χ2v) is 8.80. The first-order chi connectivity index (χ1) is 9.53. The van der Waals surface area contributed by atoms with Crippen LogP contribution in [0.5, 0.6) is 0 Å². The van der Waals surface area contributed by atoms with Crippen LogP contribution < -0.4 is 10.0 Å². The van der Waals surface area contributed by atoms with Gasteiger partial charge < -0.3 is 10.1 Å². The molecule has 0 aromatic carbocycles. The fourth-order valence-corrected chi connectivity index (χ4v) is 5.94. The average molecular weight is 383 g/mol. The standard InChI is InChI=1S/C12H19BrN2O3S2/c1-2-14-7-10-6-11(12(13)19-10)20(16,17)15-9-4-3-5-18-8-9/h6,9,14-15H,2-5,7-8H2,1H3. The van der Waals surface area contributed by atoms with Gasteiger partial charge in [0.25, 0.3) is 0 Å². The molecule has 20 heavy (non-hydrogen) atoms. The van der Waals surface area contributed by atoms with Crippen molar-refractivity contribution in [1.82, 2.24) is 10.0 Å². The molecule has 1 saturated heterocycles. The number of sulfonamides is 1. The monoisotopic (exact) mass is 382 g/mol.